The summed E-state index contributed by atoms with van der Waals surface area (Å²) in [5.74, 6) is -0.00931. The summed E-state index contributed by atoms with van der Waals surface area (Å²) in [6, 6.07) is 7.31. The van der Waals surface area contributed by atoms with Gasteiger partial charge in [-0.2, -0.15) is 11.3 Å². The molecule has 0 unspecified atom stereocenters. The first-order chi connectivity index (χ1) is 7.20. The van der Waals surface area contributed by atoms with E-state index in [4.69, 9.17) is 11.6 Å². The maximum absolute atomic E-state index is 12.0. The summed E-state index contributed by atoms with van der Waals surface area (Å²) in [5.41, 5.74) is 2.21. The fourth-order valence-corrected chi connectivity index (χ4v) is 2.22. The van der Waals surface area contributed by atoms with Gasteiger partial charge in [-0.25, -0.2) is 0 Å². The molecule has 3 heteroatoms. The number of hydrogen-bond donors (Lipinski definition) is 0. The van der Waals surface area contributed by atoms with Crippen molar-refractivity contribution in [2.75, 3.05) is 0 Å². The van der Waals surface area contributed by atoms with Gasteiger partial charge in [0.1, 0.15) is 0 Å². The topological polar surface area (TPSA) is 17.1 Å². The van der Waals surface area contributed by atoms with Gasteiger partial charge in [0.15, 0.2) is 5.78 Å². The molecule has 0 aliphatic carbocycles. The van der Waals surface area contributed by atoms with E-state index in [1.54, 1.807) is 6.07 Å². The second kappa shape index (κ2) is 4.17. The zero-order valence-corrected chi connectivity index (χ0v) is 9.73. The Bertz CT molecular complexity index is 488. The molecule has 0 saturated heterocycles. The molecule has 1 heterocycles. The number of halogens is 1. The van der Waals surface area contributed by atoms with Crippen molar-refractivity contribution in [1.82, 2.24) is 0 Å². The fraction of sp³-hybridized carbons (Fsp3) is 0.0833. The van der Waals surface area contributed by atoms with E-state index in [0.29, 0.717) is 16.1 Å². The van der Waals surface area contributed by atoms with Gasteiger partial charge in [-0.15, -0.1) is 0 Å². The van der Waals surface area contributed by atoms with E-state index in [-0.39, 0.29) is 5.78 Å². The van der Waals surface area contributed by atoms with E-state index in [9.17, 15) is 4.79 Å². The van der Waals surface area contributed by atoms with Crippen LogP contribution in [0.15, 0.2) is 35.0 Å². The number of thiophene rings is 1. The smallest absolute Gasteiger partial charge is 0.195 e. The van der Waals surface area contributed by atoms with Crippen LogP contribution in [0.5, 0.6) is 0 Å². The lowest BCUT2D eigenvalue weighted by Crippen LogP contribution is -2.01. The van der Waals surface area contributed by atoms with Crippen LogP contribution in [0.1, 0.15) is 21.5 Å². The molecule has 2 aromatic rings. The Hall–Kier alpha value is -1.12. The van der Waals surface area contributed by atoms with Crippen molar-refractivity contribution in [3.8, 4) is 0 Å². The molecule has 0 radical (unpaired) electrons. The van der Waals surface area contributed by atoms with Crippen LogP contribution in [-0.4, -0.2) is 5.78 Å². The van der Waals surface area contributed by atoms with E-state index in [0.717, 1.165) is 5.56 Å². The molecule has 0 saturated carbocycles. The first-order valence-electron chi connectivity index (χ1n) is 4.52. The van der Waals surface area contributed by atoms with Crippen LogP contribution >= 0.6 is 22.9 Å². The quantitative estimate of drug-likeness (QED) is 0.722. The number of ketones is 1. The summed E-state index contributed by atoms with van der Waals surface area (Å²) in [4.78, 5) is 12.0. The molecule has 0 aliphatic rings. The Balaban J connectivity index is 2.47. The summed E-state index contributed by atoms with van der Waals surface area (Å²) < 4.78 is 0. The average Bonchev–Trinajstić information content (AvgIpc) is 2.74. The normalized spacial score (nSPS) is 10.3. The largest absolute Gasteiger partial charge is 0.289 e. The van der Waals surface area contributed by atoms with Gasteiger partial charge in [0.05, 0.1) is 5.02 Å². The molecule has 0 atom stereocenters. The second-order valence-electron chi connectivity index (χ2n) is 3.28. The Morgan fingerprint density at radius 1 is 1.33 bits per heavy atom. The first-order valence-corrected chi connectivity index (χ1v) is 5.84. The maximum Gasteiger partial charge on any atom is 0.195 e. The maximum atomic E-state index is 12.0. The van der Waals surface area contributed by atoms with E-state index in [2.05, 4.69) is 0 Å². The van der Waals surface area contributed by atoms with Gasteiger partial charge in [-0.05, 0) is 30.0 Å². The minimum absolute atomic E-state index is 0.00931. The lowest BCUT2D eigenvalue weighted by molar-refractivity contribution is 0.103. The number of aryl methyl sites for hydroxylation is 1. The first kappa shape index (κ1) is 10.4. The van der Waals surface area contributed by atoms with Gasteiger partial charge in [0, 0.05) is 16.5 Å². The minimum atomic E-state index is -0.00931. The summed E-state index contributed by atoms with van der Waals surface area (Å²) in [6.07, 6.45) is 0. The predicted octanol–water partition coefficient (Wildman–Crippen LogP) is 3.94. The number of hydrogen-bond acceptors (Lipinski definition) is 2. The molecule has 1 nitrogen and oxygen atoms in total. The van der Waals surface area contributed by atoms with Crippen molar-refractivity contribution in [2.24, 2.45) is 0 Å². The Morgan fingerprint density at radius 2 is 2.13 bits per heavy atom. The second-order valence-corrected chi connectivity index (χ2v) is 4.44. The van der Waals surface area contributed by atoms with E-state index in [1.807, 2.05) is 35.9 Å². The van der Waals surface area contributed by atoms with Crippen molar-refractivity contribution in [1.29, 1.82) is 0 Å². The third-order valence-corrected chi connectivity index (χ3v) is 3.40. The SMILES string of the molecule is Cc1cccc(C(=O)c2ccsc2)c1Cl. The Kier molecular flexibility index (Phi) is 2.89. The van der Waals surface area contributed by atoms with Crippen molar-refractivity contribution >= 4 is 28.7 Å². The summed E-state index contributed by atoms with van der Waals surface area (Å²) in [7, 11) is 0. The average molecular weight is 237 g/mol. The summed E-state index contributed by atoms with van der Waals surface area (Å²) in [5, 5.41) is 4.27. The fourth-order valence-electron chi connectivity index (χ4n) is 1.37. The molecule has 0 bridgehead atoms. The van der Waals surface area contributed by atoms with Crippen molar-refractivity contribution < 1.29 is 4.79 Å². The number of carbonyl (C=O) groups excluding carboxylic acids is 1. The van der Waals surface area contributed by atoms with Gasteiger partial charge in [-0.1, -0.05) is 23.7 Å². The molecular formula is C12H9ClOS. The van der Waals surface area contributed by atoms with Crippen molar-refractivity contribution in [2.45, 2.75) is 6.92 Å². The predicted molar refractivity (Wildman–Crippen MR) is 63.9 cm³/mol. The van der Waals surface area contributed by atoms with E-state index >= 15 is 0 Å². The summed E-state index contributed by atoms with van der Waals surface area (Å²) in [6.45, 7) is 1.90. The molecule has 2 rings (SSSR count). The molecule has 15 heavy (non-hydrogen) atoms. The van der Waals surface area contributed by atoms with Gasteiger partial charge < -0.3 is 0 Å². The number of rotatable bonds is 2. The van der Waals surface area contributed by atoms with Crippen LogP contribution in [0.2, 0.25) is 5.02 Å². The molecule has 76 valence electrons. The van der Waals surface area contributed by atoms with Crippen molar-refractivity contribution in [3.05, 3.63) is 56.7 Å². The van der Waals surface area contributed by atoms with Gasteiger partial charge >= 0.3 is 0 Å². The highest BCUT2D eigenvalue weighted by molar-refractivity contribution is 7.08. The third-order valence-electron chi connectivity index (χ3n) is 2.22. The van der Waals surface area contributed by atoms with Crippen LogP contribution < -0.4 is 0 Å². The molecule has 0 spiro atoms. The van der Waals surface area contributed by atoms with E-state index < -0.39 is 0 Å². The molecule has 0 aliphatic heterocycles. The van der Waals surface area contributed by atoms with Crippen LogP contribution in [0, 0.1) is 6.92 Å². The molecule has 0 N–H and O–H groups in total. The van der Waals surface area contributed by atoms with Crippen LogP contribution in [-0.2, 0) is 0 Å². The standard InChI is InChI=1S/C12H9ClOS/c1-8-3-2-4-10(11(8)13)12(14)9-5-6-15-7-9/h2-7H,1H3. The Labute approximate surface area is 97.3 Å². The van der Waals surface area contributed by atoms with Crippen LogP contribution in [0.3, 0.4) is 0 Å². The molecule has 1 aromatic carbocycles. The van der Waals surface area contributed by atoms with E-state index in [1.165, 1.54) is 11.3 Å². The molecule has 1 aromatic heterocycles. The van der Waals surface area contributed by atoms with Gasteiger partial charge in [-0.3, -0.25) is 4.79 Å². The van der Waals surface area contributed by atoms with Gasteiger partial charge in [0.2, 0.25) is 0 Å². The molecule has 0 fully saturated rings. The van der Waals surface area contributed by atoms with Gasteiger partial charge in [0.25, 0.3) is 0 Å². The molecular weight excluding hydrogens is 228 g/mol. The highest BCUT2D eigenvalue weighted by Crippen LogP contribution is 2.23. The van der Waals surface area contributed by atoms with Crippen LogP contribution in [0.4, 0.5) is 0 Å². The highest BCUT2D eigenvalue weighted by atomic mass is 35.5. The zero-order valence-electron chi connectivity index (χ0n) is 8.16. The Morgan fingerprint density at radius 3 is 2.80 bits per heavy atom. The van der Waals surface area contributed by atoms with Crippen molar-refractivity contribution in [3.63, 3.8) is 0 Å². The zero-order chi connectivity index (χ0) is 10.8. The third kappa shape index (κ3) is 1.96. The lowest BCUT2D eigenvalue weighted by Gasteiger charge is -2.04. The lowest BCUT2D eigenvalue weighted by atomic mass is 10.0. The highest BCUT2D eigenvalue weighted by Gasteiger charge is 2.13. The van der Waals surface area contributed by atoms with Crippen LogP contribution in [0.25, 0.3) is 0 Å². The summed E-state index contributed by atoms with van der Waals surface area (Å²) >= 11 is 7.60. The number of benzene rings is 1. The molecule has 0 amide bonds. The number of carbonyl (C=O) groups is 1. The minimum Gasteiger partial charge on any atom is -0.289 e. The monoisotopic (exact) mass is 236 g/mol.